The van der Waals surface area contributed by atoms with Crippen LogP contribution < -0.4 is 14.9 Å². The van der Waals surface area contributed by atoms with Gasteiger partial charge in [-0.25, -0.2) is 0 Å². The molecule has 29 heavy (non-hydrogen) atoms. The van der Waals surface area contributed by atoms with E-state index in [9.17, 15) is 14.7 Å². The summed E-state index contributed by atoms with van der Waals surface area (Å²) in [5.74, 6) is 0.437. The van der Waals surface area contributed by atoms with Crippen molar-refractivity contribution in [3.8, 4) is 17.2 Å². The second-order valence-corrected chi connectivity index (χ2v) is 7.86. The maximum atomic E-state index is 12.8. The number of benzene rings is 2. The molecule has 6 nitrogen and oxygen atoms in total. The van der Waals surface area contributed by atoms with Gasteiger partial charge in [0, 0.05) is 6.07 Å². The standard InChI is InChI=1S/C23H24O6/c1-14(2)16-7-5-6-8-18(16)29-20-12-27-19-11-15(9-10-17(19)21(20)24)28-13-23(3,4)22(25)26/h5-12,14H,13H2,1-4H3,(H,25,26). The van der Waals surface area contributed by atoms with Crippen LogP contribution in [-0.2, 0) is 4.79 Å². The summed E-state index contributed by atoms with van der Waals surface area (Å²) < 4.78 is 17.0. The number of aliphatic carboxylic acids is 1. The van der Waals surface area contributed by atoms with Crippen molar-refractivity contribution in [2.24, 2.45) is 5.41 Å². The summed E-state index contributed by atoms with van der Waals surface area (Å²) >= 11 is 0. The van der Waals surface area contributed by atoms with Gasteiger partial charge in [0.15, 0.2) is 0 Å². The van der Waals surface area contributed by atoms with Crippen LogP contribution in [0.3, 0.4) is 0 Å². The quantitative estimate of drug-likeness (QED) is 0.591. The summed E-state index contributed by atoms with van der Waals surface area (Å²) in [6, 6.07) is 12.3. The molecule has 0 aliphatic rings. The molecule has 3 rings (SSSR count). The zero-order valence-corrected chi connectivity index (χ0v) is 16.9. The third-order valence-corrected chi connectivity index (χ3v) is 4.65. The number of para-hydroxylation sites is 1. The fraction of sp³-hybridized carbons (Fsp3) is 0.304. The van der Waals surface area contributed by atoms with Gasteiger partial charge >= 0.3 is 5.97 Å². The zero-order chi connectivity index (χ0) is 21.2. The summed E-state index contributed by atoms with van der Waals surface area (Å²) in [6.07, 6.45) is 1.28. The molecule has 0 spiro atoms. The predicted molar refractivity (Wildman–Crippen MR) is 110 cm³/mol. The number of fused-ring (bicyclic) bond motifs is 1. The summed E-state index contributed by atoms with van der Waals surface area (Å²) in [4.78, 5) is 24.0. The van der Waals surface area contributed by atoms with Crippen LogP contribution in [0.4, 0.5) is 0 Å². The molecule has 2 aromatic carbocycles. The van der Waals surface area contributed by atoms with Crippen molar-refractivity contribution in [3.05, 3.63) is 64.5 Å². The molecule has 6 heteroatoms. The Balaban J connectivity index is 1.88. The van der Waals surface area contributed by atoms with Crippen molar-refractivity contribution in [3.63, 3.8) is 0 Å². The molecule has 152 valence electrons. The van der Waals surface area contributed by atoms with Gasteiger partial charge in [0.25, 0.3) is 0 Å². The molecule has 0 atom stereocenters. The Hall–Kier alpha value is -3.28. The van der Waals surface area contributed by atoms with Crippen LogP contribution in [0.25, 0.3) is 11.0 Å². The van der Waals surface area contributed by atoms with E-state index in [1.54, 1.807) is 32.0 Å². The third kappa shape index (κ3) is 4.42. The average Bonchev–Trinajstić information content (AvgIpc) is 2.68. The first-order chi connectivity index (χ1) is 13.7. The Bertz CT molecular complexity index is 1090. The molecule has 0 bridgehead atoms. The maximum absolute atomic E-state index is 12.8. The molecule has 1 heterocycles. The van der Waals surface area contributed by atoms with Crippen molar-refractivity contribution in [2.75, 3.05) is 6.61 Å². The van der Waals surface area contributed by atoms with Gasteiger partial charge in [-0.2, -0.15) is 0 Å². The Kier molecular flexibility index (Phi) is 5.64. The fourth-order valence-electron chi connectivity index (χ4n) is 2.75. The maximum Gasteiger partial charge on any atom is 0.312 e. The van der Waals surface area contributed by atoms with E-state index in [1.807, 2.05) is 24.3 Å². The SMILES string of the molecule is CC(C)c1ccccc1Oc1coc2cc(OCC(C)(C)C(=O)O)ccc2c1=O. The van der Waals surface area contributed by atoms with Crippen LogP contribution in [0.2, 0.25) is 0 Å². The highest BCUT2D eigenvalue weighted by molar-refractivity contribution is 5.79. The smallest absolute Gasteiger partial charge is 0.312 e. The van der Waals surface area contributed by atoms with E-state index in [-0.39, 0.29) is 23.7 Å². The fourth-order valence-corrected chi connectivity index (χ4v) is 2.75. The topological polar surface area (TPSA) is 86.0 Å². The van der Waals surface area contributed by atoms with Crippen molar-refractivity contribution in [1.82, 2.24) is 0 Å². The largest absolute Gasteiger partial charge is 0.492 e. The molecule has 0 fully saturated rings. The molecule has 0 saturated carbocycles. The number of carbonyl (C=O) groups is 1. The second-order valence-electron chi connectivity index (χ2n) is 7.86. The summed E-state index contributed by atoms with van der Waals surface area (Å²) in [5, 5.41) is 9.53. The first-order valence-corrected chi connectivity index (χ1v) is 9.37. The summed E-state index contributed by atoms with van der Waals surface area (Å²) in [6.45, 7) is 7.26. The zero-order valence-electron chi connectivity index (χ0n) is 16.9. The third-order valence-electron chi connectivity index (χ3n) is 4.65. The molecule has 0 aliphatic heterocycles. The molecule has 0 unspecified atom stereocenters. The van der Waals surface area contributed by atoms with E-state index in [4.69, 9.17) is 13.9 Å². The molecule has 1 aromatic heterocycles. The van der Waals surface area contributed by atoms with E-state index in [1.165, 1.54) is 6.26 Å². The van der Waals surface area contributed by atoms with Gasteiger partial charge < -0.3 is 19.0 Å². The molecule has 0 amide bonds. The molecular formula is C23H24O6. The summed E-state index contributed by atoms with van der Waals surface area (Å²) in [5.41, 5.74) is 0.0150. The Morgan fingerprint density at radius 2 is 1.86 bits per heavy atom. The highest BCUT2D eigenvalue weighted by Gasteiger charge is 2.28. The van der Waals surface area contributed by atoms with E-state index in [2.05, 4.69) is 13.8 Å². The van der Waals surface area contributed by atoms with Gasteiger partial charge in [-0.3, -0.25) is 9.59 Å². The molecule has 0 radical (unpaired) electrons. The van der Waals surface area contributed by atoms with E-state index >= 15 is 0 Å². The minimum Gasteiger partial charge on any atom is -0.492 e. The number of rotatable bonds is 7. The molecule has 3 aromatic rings. The van der Waals surface area contributed by atoms with Crippen LogP contribution in [0.15, 0.2) is 57.9 Å². The van der Waals surface area contributed by atoms with Crippen LogP contribution in [-0.4, -0.2) is 17.7 Å². The lowest BCUT2D eigenvalue weighted by molar-refractivity contribution is -0.148. The van der Waals surface area contributed by atoms with Gasteiger partial charge in [0.1, 0.15) is 30.0 Å². The number of carboxylic acid groups (broad SMARTS) is 1. The Morgan fingerprint density at radius 3 is 2.55 bits per heavy atom. The second kappa shape index (κ2) is 7.99. The minimum atomic E-state index is -1.03. The number of ether oxygens (including phenoxy) is 2. The Labute approximate surface area is 168 Å². The van der Waals surface area contributed by atoms with Gasteiger partial charge in [-0.15, -0.1) is 0 Å². The number of hydrogen-bond acceptors (Lipinski definition) is 5. The molecular weight excluding hydrogens is 372 g/mol. The van der Waals surface area contributed by atoms with E-state index in [0.717, 1.165) is 5.56 Å². The van der Waals surface area contributed by atoms with Crippen LogP contribution in [0.5, 0.6) is 17.2 Å². The highest BCUT2D eigenvalue weighted by atomic mass is 16.5. The number of carboxylic acids is 1. The lowest BCUT2D eigenvalue weighted by Gasteiger charge is -2.19. The van der Waals surface area contributed by atoms with Crippen molar-refractivity contribution in [1.29, 1.82) is 0 Å². The predicted octanol–water partition coefficient (Wildman–Crippen LogP) is 5.20. The van der Waals surface area contributed by atoms with Gasteiger partial charge in [0.2, 0.25) is 11.2 Å². The van der Waals surface area contributed by atoms with E-state index in [0.29, 0.717) is 22.5 Å². The van der Waals surface area contributed by atoms with Gasteiger partial charge in [-0.05, 0) is 43.5 Å². The first kappa shape index (κ1) is 20.5. The number of hydrogen-bond donors (Lipinski definition) is 1. The van der Waals surface area contributed by atoms with Crippen molar-refractivity contribution >= 4 is 16.9 Å². The van der Waals surface area contributed by atoms with Gasteiger partial charge in [-0.1, -0.05) is 32.0 Å². The molecule has 0 saturated heterocycles. The van der Waals surface area contributed by atoms with E-state index < -0.39 is 11.4 Å². The monoisotopic (exact) mass is 396 g/mol. The van der Waals surface area contributed by atoms with Crippen LogP contribution in [0, 0.1) is 5.41 Å². The van der Waals surface area contributed by atoms with Crippen LogP contribution in [0.1, 0.15) is 39.2 Å². The summed E-state index contributed by atoms with van der Waals surface area (Å²) in [7, 11) is 0. The highest BCUT2D eigenvalue weighted by Crippen LogP contribution is 2.30. The lowest BCUT2D eigenvalue weighted by atomic mass is 9.95. The Morgan fingerprint density at radius 1 is 1.14 bits per heavy atom. The van der Waals surface area contributed by atoms with Gasteiger partial charge in [0.05, 0.1) is 10.8 Å². The molecule has 1 N–H and O–H groups in total. The average molecular weight is 396 g/mol. The van der Waals surface area contributed by atoms with Crippen molar-refractivity contribution in [2.45, 2.75) is 33.6 Å². The minimum absolute atomic E-state index is 0.00868. The lowest BCUT2D eigenvalue weighted by Crippen LogP contribution is -2.30. The molecule has 0 aliphatic carbocycles. The normalized spacial score (nSPS) is 11.6. The first-order valence-electron chi connectivity index (χ1n) is 9.37. The van der Waals surface area contributed by atoms with Crippen LogP contribution >= 0.6 is 0 Å². The van der Waals surface area contributed by atoms with Crippen molar-refractivity contribution < 1.29 is 23.8 Å².